The van der Waals surface area contributed by atoms with Crippen molar-refractivity contribution in [3.8, 4) is 5.75 Å². The van der Waals surface area contributed by atoms with Crippen LogP contribution in [0.4, 0.5) is 11.4 Å². The Morgan fingerprint density at radius 2 is 2.14 bits per heavy atom. The van der Waals surface area contributed by atoms with E-state index in [0.29, 0.717) is 19.8 Å². The first kappa shape index (κ1) is 15.1. The average molecular weight is 305 g/mol. The number of carbonyl (C=O) groups excluding carboxylic acids is 1. The third-order valence-electron chi connectivity index (χ3n) is 4.40. The number of hydrogen-bond donors (Lipinski definition) is 2. The number of nitrogens with zero attached hydrogens (tertiary/aromatic N) is 1. The lowest BCUT2D eigenvalue weighted by molar-refractivity contribution is -0.119. The summed E-state index contributed by atoms with van der Waals surface area (Å²) < 4.78 is 10.9. The van der Waals surface area contributed by atoms with Gasteiger partial charge in [-0.25, -0.2) is 0 Å². The summed E-state index contributed by atoms with van der Waals surface area (Å²) in [7, 11) is 2.01. The summed E-state index contributed by atoms with van der Waals surface area (Å²) in [6.45, 7) is 2.90. The summed E-state index contributed by atoms with van der Waals surface area (Å²) >= 11 is 0. The van der Waals surface area contributed by atoms with E-state index in [4.69, 9.17) is 15.2 Å². The van der Waals surface area contributed by atoms with Crippen LogP contribution in [0.25, 0.3) is 0 Å². The van der Waals surface area contributed by atoms with Crippen LogP contribution in [0.3, 0.4) is 0 Å². The largest absolute Gasteiger partial charge is 0.490 e. The maximum Gasteiger partial charge on any atom is 0.241 e. The van der Waals surface area contributed by atoms with Gasteiger partial charge in [0.2, 0.25) is 5.91 Å². The number of anilines is 2. The number of likely N-dealkylation sites (N-methyl/N-ethyl adjacent to an activating group) is 1. The van der Waals surface area contributed by atoms with Crippen molar-refractivity contribution in [2.45, 2.75) is 18.9 Å². The first-order chi connectivity index (χ1) is 10.6. The van der Waals surface area contributed by atoms with Crippen molar-refractivity contribution >= 4 is 17.3 Å². The molecule has 1 saturated heterocycles. The fourth-order valence-electron chi connectivity index (χ4n) is 2.94. The highest BCUT2D eigenvalue weighted by Crippen LogP contribution is 2.33. The van der Waals surface area contributed by atoms with Gasteiger partial charge in [0.25, 0.3) is 0 Å². The van der Waals surface area contributed by atoms with Gasteiger partial charge in [-0.2, -0.15) is 0 Å². The van der Waals surface area contributed by atoms with Crippen molar-refractivity contribution < 1.29 is 14.3 Å². The number of hydrogen-bond acceptors (Lipinski definition) is 5. The Kier molecular flexibility index (Phi) is 4.49. The fourth-order valence-corrected chi connectivity index (χ4v) is 2.94. The minimum atomic E-state index is -0.492. The van der Waals surface area contributed by atoms with Gasteiger partial charge in [-0.3, -0.25) is 4.79 Å². The fraction of sp³-hybridized carbons (Fsp3) is 0.562. The molecule has 1 aromatic rings. The maximum atomic E-state index is 12.3. The minimum Gasteiger partial charge on any atom is -0.490 e. The summed E-state index contributed by atoms with van der Waals surface area (Å²) in [5.74, 6) is 0.907. The van der Waals surface area contributed by atoms with Crippen molar-refractivity contribution in [2.75, 3.05) is 43.6 Å². The molecule has 2 aliphatic rings. The van der Waals surface area contributed by atoms with E-state index in [9.17, 15) is 4.79 Å². The van der Waals surface area contributed by atoms with Gasteiger partial charge in [-0.05, 0) is 37.0 Å². The van der Waals surface area contributed by atoms with Gasteiger partial charge in [0.05, 0.1) is 18.3 Å². The molecule has 1 atom stereocenters. The smallest absolute Gasteiger partial charge is 0.241 e. The molecule has 1 fully saturated rings. The molecule has 1 aromatic carbocycles. The number of ether oxygens (including phenoxy) is 2. The molecule has 0 aromatic heterocycles. The lowest BCUT2D eigenvalue weighted by Crippen LogP contribution is -2.44. The predicted octanol–water partition coefficient (Wildman–Crippen LogP) is 1.21. The lowest BCUT2D eigenvalue weighted by atomic mass is 9.92. The van der Waals surface area contributed by atoms with Crippen LogP contribution in [0.1, 0.15) is 12.8 Å². The van der Waals surface area contributed by atoms with E-state index in [1.807, 2.05) is 25.2 Å². The lowest BCUT2D eigenvalue weighted by Gasteiger charge is -2.29. The molecule has 0 aliphatic carbocycles. The first-order valence-corrected chi connectivity index (χ1v) is 7.77. The highest BCUT2D eigenvalue weighted by atomic mass is 16.5. The van der Waals surface area contributed by atoms with Crippen molar-refractivity contribution in [2.24, 2.45) is 11.7 Å². The summed E-state index contributed by atoms with van der Waals surface area (Å²) in [4.78, 5) is 14.5. The van der Waals surface area contributed by atoms with Gasteiger partial charge < -0.3 is 25.4 Å². The highest BCUT2D eigenvalue weighted by molar-refractivity contribution is 5.95. The second-order valence-electron chi connectivity index (χ2n) is 5.92. The summed E-state index contributed by atoms with van der Waals surface area (Å²) in [6.07, 6.45) is 1.69. The molecule has 0 radical (unpaired) electrons. The van der Waals surface area contributed by atoms with Crippen LogP contribution in [0.15, 0.2) is 18.2 Å². The van der Waals surface area contributed by atoms with Crippen LogP contribution in [0.5, 0.6) is 5.75 Å². The van der Waals surface area contributed by atoms with Crippen LogP contribution >= 0.6 is 0 Å². The Bertz CT molecular complexity index is 543. The quantitative estimate of drug-likeness (QED) is 0.878. The molecule has 6 heteroatoms. The molecule has 1 amide bonds. The Balaban J connectivity index is 1.67. The van der Waals surface area contributed by atoms with E-state index in [0.717, 1.165) is 36.5 Å². The van der Waals surface area contributed by atoms with Gasteiger partial charge in [0.1, 0.15) is 12.4 Å². The van der Waals surface area contributed by atoms with Crippen molar-refractivity contribution in [3.63, 3.8) is 0 Å². The SMILES string of the molecule is CN1CCOc2ccc(NC(=O)C(N)C3CCOCC3)cc21. The zero-order valence-corrected chi connectivity index (χ0v) is 12.9. The topological polar surface area (TPSA) is 76.8 Å². The van der Waals surface area contributed by atoms with Crippen LogP contribution < -0.4 is 20.7 Å². The zero-order valence-electron chi connectivity index (χ0n) is 12.9. The van der Waals surface area contributed by atoms with Crippen LogP contribution in [0.2, 0.25) is 0 Å². The van der Waals surface area contributed by atoms with E-state index >= 15 is 0 Å². The van der Waals surface area contributed by atoms with Crippen LogP contribution in [-0.2, 0) is 9.53 Å². The molecule has 6 nitrogen and oxygen atoms in total. The van der Waals surface area contributed by atoms with E-state index < -0.39 is 6.04 Å². The molecular weight excluding hydrogens is 282 g/mol. The summed E-state index contributed by atoms with van der Waals surface area (Å²) in [5.41, 5.74) is 7.85. The van der Waals surface area contributed by atoms with Gasteiger partial charge in [0.15, 0.2) is 0 Å². The van der Waals surface area contributed by atoms with Crippen molar-refractivity contribution in [1.29, 1.82) is 0 Å². The number of amides is 1. The van der Waals surface area contributed by atoms with E-state index in [2.05, 4.69) is 10.2 Å². The first-order valence-electron chi connectivity index (χ1n) is 7.77. The van der Waals surface area contributed by atoms with Gasteiger partial charge >= 0.3 is 0 Å². The number of nitrogens with two attached hydrogens (primary N) is 1. The number of rotatable bonds is 3. The Labute approximate surface area is 130 Å². The molecule has 0 bridgehead atoms. The maximum absolute atomic E-state index is 12.3. The Morgan fingerprint density at radius 1 is 1.36 bits per heavy atom. The third-order valence-corrected chi connectivity index (χ3v) is 4.40. The van der Waals surface area contributed by atoms with Crippen LogP contribution in [-0.4, -0.2) is 45.4 Å². The minimum absolute atomic E-state index is 0.133. The highest BCUT2D eigenvalue weighted by Gasteiger charge is 2.27. The Hall–Kier alpha value is -1.79. The van der Waals surface area contributed by atoms with Gasteiger partial charge in [0, 0.05) is 25.9 Å². The molecule has 120 valence electrons. The molecule has 2 heterocycles. The molecular formula is C16H23N3O3. The second-order valence-corrected chi connectivity index (χ2v) is 5.92. The summed E-state index contributed by atoms with van der Waals surface area (Å²) in [6, 6.07) is 5.19. The third kappa shape index (κ3) is 3.18. The van der Waals surface area contributed by atoms with Gasteiger partial charge in [-0.1, -0.05) is 0 Å². The number of fused-ring (bicyclic) bond motifs is 1. The van der Waals surface area contributed by atoms with Crippen molar-refractivity contribution in [1.82, 2.24) is 0 Å². The second kappa shape index (κ2) is 6.54. The molecule has 3 N–H and O–H groups in total. The standard InChI is InChI=1S/C16H23N3O3/c1-19-6-9-22-14-3-2-12(10-13(14)19)18-16(20)15(17)11-4-7-21-8-5-11/h2-3,10-11,15H,4-9,17H2,1H3,(H,18,20). The molecule has 2 aliphatic heterocycles. The summed E-state index contributed by atoms with van der Waals surface area (Å²) in [5, 5.41) is 2.92. The zero-order chi connectivity index (χ0) is 15.5. The normalized spacial score (nSPS) is 20.0. The molecule has 3 rings (SSSR count). The Morgan fingerprint density at radius 3 is 2.91 bits per heavy atom. The molecule has 1 unspecified atom stereocenters. The van der Waals surface area contributed by atoms with E-state index in [1.54, 1.807) is 0 Å². The number of carbonyl (C=O) groups is 1. The average Bonchev–Trinajstić information content (AvgIpc) is 2.55. The molecule has 22 heavy (non-hydrogen) atoms. The number of benzene rings is 1. The van der Waals surface area contributed by atoms with Crippen molar-refractivity contribution in [3.05, 3.63) is 18.2 Å². The van der Waals surface area contributed by atoms with Gasteiger partial charge in [-0.15, -0.1) is 0 Å². The van der Waals surface area contributed by atoms with E-state index in [-0.39, 0.29) is 11.8 Å². The molecule has 0 spiro atoms. The molecule has 0 saturated carbocycles. The number of nitrogens with one attached hydrogen (secondary N) is 1. The van der Waals surface area contributed by atoms with Crippen LogP contribution in [0, 0.1) is 5.92 Å². The van der Waals surface area contributed by atoms with E-state index in [1.165, 1.54) is 0 Å². The monoisotopic (exact) mass is 305 g/mol. The predicted molar refractivity (Wildman–Crippen MR) is 85.4 cm³/mol.